The van der Waals surface area contributed by atoms with Crippen molar-refractivity contribution >= 4 is 33.4 Å². The van der Waals surface area contributed by atoms with Gasteiger partial charge in [0.25, 0.3) is 5.91 Å². The van der Waals surface area contributed by atoms with Crippen LogP contribution in [-0.4, -0.2) is 17.8 Å². The average Bonchev–Trinajstić information content (AvgIpc) is 2.26. The van der Waals surface area contributed by atoms with Gasteiger partial charge in [0, 0.05) is 22.5 Å². The zero-order valence-corrected chi connectivity index (χ0v) is 11.7. The van der Waals surface area contributed by atoms with Gasteiger partial charge in [-0.3, -0.25) is 4.79 Å². The van der Waals surface area contributed by atoms with E-state index in [0.29, 0.717) is 17.1 Å². The fraction of sp³-hybridized carbons (Fsp3) is 0.417. The molecule has 0 fully saturated rings. The summed E-state index contributed by atoms with van der Waals surface area (Å²) in [6.07, 6.45) is 0. The van der Waals surface area contributed by atoms with E-state index in [1.54, 1.807) is 24.3 Å². The summed E-state index contributed by atoms with van der Waals surface area (Å²) in [7, 11) is 0. The van der Waals surface area contributed by atoms with Gasteiger partial charge < -0.3 is 5.32 Å². The van der Waals surface area contributed by atoms with Crippen LogP contribution >= 0.6 is 27.5 Å². The van der Waals surface area contributed by atoms with Crippen LogP contribution < -0.4 is 5.32 Å². The second kappa shape index (κ2) is 5.69. The monoisotopic (exact) mass is 303 g/mol. The van der Waals surface area contributed by atoms with Crippen LogP contribution in [0.2, 0.25) is 5.02 Å². The number of carbonyl (C=O) groups is 1. The van der Waals surface area contributed by atoms with Gasteiger partial charge in [0.05, 0.1) is 0 Å². The minimum Gasteiger partial charge on any atom is -0.351 e. The van der Waals surface area contributed by atoms with Crippen LogP contribution in [0.3, 0.4) is 0 Å². The lowest BCUT2D eigenvalue weighted by atomic mass is 9.97. The van der Waals surface area contributed by atoms with Gasteiger partial charge in [-0.15, -0.1) is 0 Å². The molecule has 0 saturated carbocycles. The number of alkyl halides is 1. The molecule has 0 spiro atoms. The van der Waals surface area contributed by atoms with E-state index in [1.807, 2.05) is 0 Å². The Bertz CT molecular complexity index is 379. The Hall–Kier alpha value is -0.540. The largest absolute Gasteiger partial charge is 0.351 e. The Labute approximate surface area is 110 Å². The summed E-state index contributed by atoms with van der Waals surface area (Å²) >= 11 is 9.24. The Balaban J connectivity index is 2.60. The van der Waals surface area contributed by atoms with Crippen molar-refractivity contribution in [3.05, 3.63) is 34.9 Å². The van der Waals surface area contributed by atoms with Crippen molar-refractivity contribution in [2.24, 2.45) is 5.41 Å². The molecule has 1 N–H and O–H groups in total. The van der Waals surface area contributed by atoms with E-state index in [9.17, 15) is 4.79 Å². The Morgan fingerprint density at radius 2 is 2.19 bits per heavy atom. The third kappa shape index (κ3) is 4.14. The normalized spacial score (nSPS) is 11.2. The number of halogens is 2. The number of hydrogen-bond acceptors (Lipinski definition) is 1. The topological polar surface area (TPSA) is 29.1 Å². The molecule has 1 aromatic carbocycles. The third-order valence-electron chi connectivity index (χ3n) is 2.18. The number of carbonyl (C=O) groups excluding carboxylic acids is 1. The van der Waals surface area contributed by atoms with Crippen LogP contribution in [0.15, 0.2) is 24.3 Å². The molecule has 1 amide bonds. The number of rotatable bonds is 4. The smallest absolute Gasteiger partial charge is 0.251 e. The van der Waals surface area contributed by atoms with Gasteiger partial charge in [-0.1, -0.05) is 47.4 Å². The number of hydrogen-bond donors (Lipinski definition) is 1. The molecule has 0 saturated heterocycles. The lowest BCUT2D eigenvalue weighted by molar-refractivity contribution is 0.0940. The molecule has 0 bridgehead atoms. The van der Waals surface area contributed by atoms with Gasteiger partial charge >= 0.3 is 0 Å². The minimum absolute atomic E-state index is 0.0498. The van der Waals surface area contributed by atoms with Gasteiger partial charge in [-0.05, 0) is 23.6 Å². The fourth-order valence-electron chi connectivity index (χ4n) is 1.10. The van der Waals surface area contributed by atoms with Gasteiger partial charge in [0.1, 0.15) is 0 Å². The standard InChI is InChI=1S/C12H15BrClNO/c1-12(2,7-13)8-15-11(16)9-4-3-5-10(14)6-9/h3-6H,7-8H2,1-2H3,(H,15,16). The van der Waals surface area contributed by atoms with Crippen LogP contribution in [0.5, 0.6) is 0 Å². The summed E-state index contributed by atoms with van der Waals surface area (Å²) in [5.74, 6) is -0.0866. The van der Waals surface area contributed by atoms with E-state index < -0.39 is 0 Å². The first-order valence-electron chi connectivity index (χ1n) is 5.04. The van der Waals surface area contributed by atoms with Crippen LogP contribution in [0, 0.1) is 5.41 Å². The molecule has 0 heterocycles. The molecule has 0 aromatic heterocycles. The van der Waals surface area contributed by atoms with Crippen molar-refractivity contribution < 1.29 is 4.79 Å². The predicted molar refractivity (Wildman–Crippen MR) is 71.4 cm³/mol. The number of amides is 1. The summed E-state index contributed by atoms with van der Waals surface area (Å²) in [4.78, 5) is 11.8. The van der Waals surface area contributed by atoms with E-state index in [0.717, 1.165) is 5.33 Å². The van der Waals surface area contributed by atoms with Gasteiger partial charge in [-0.25, -0.2) is 0 Å². The van der Waals surface area contributed by atoms with Crippen LogP contribution in [0.4, 0.5) is 0 Å². The molecular formula is C12H15BrClNO. The Morgan fingerprint density at radius 3 is 2.75 bits per heavy atom. The third-order valence-corrected chi connectivity index (χ3v) is 3.93. The molecule has 1 rings (SSSR count). The molecule has 16 heavy (non-hydrogen) atoms. The number of benzene rings is 1. The van der Waals surface area contributed by atoms with Crippen LogP contribution in [-0.2, 0) is 0 Å². The quantitative estimate of drug-likeness (QED) is 0.848. The van der Waals surface area contributed by atoms with E-state index in [2.05, 4.69) is 35.1 Å². The maximum atomic E-state index is 11.8. The zero-order valence-electron chi connectivity index (χ0n) is 9.39. The molecule has 0 atom stereocenters. The van der Waals surface area contributed by atoms with Crippen molar-refractivity contribution in [3.63, 3.8) is 0 Å². The van der Waals surface area contributed by atoms with Crippen molar-refractivity contribution in [1.29, 1.82) is 0 Å². The molecule has 1 aromatic rings. The first-order valence-corrected chi connectivity index (χ1v) is 6.54. The van der Waals surface area contributed by atoms with Gasteiger partial charge in [0.2, 0.25) is 0 Å². The summed E-state index contributed by atoms with van der Waals surface area (Å²) < 4.78 is 0. The molecule has 0 aliphatic carbocycles. The lowest BCUT2D eigenvalue weighted by Crippen LogP contribution is -2.34. The Kier molecular flexibility index (Phi) is 4.81. The lowest BCUT2D eigenvalue weighted by Gasteiger charge is -2.21. The van der Waals surface area contributed by atoms with Crippen LogP contribution in [0.1, 0.15) is 24.2 Å². The first kappa shape index (κ1) is 13.5. The molecule has 2 nitrogen and oxygen atoms in total. The second-order valence-corrected chi connectivity index (χ2v) is 5.49. The van der Waals surface area contributed by atoms with Gasteiger partial charge in [0.15, 0.2) is 0 Å². The van der Waals surface area contributed by atoms with Crippen molar-refractivity contribution in [1.82, 2.24) is 5.32 Å². The highest BCUT2D eigenvalue weighted by molar-refractivity contribution is 9.09. The maximum absolute atomic E-state index is 11.8. The molecule has 0 aliphatic rings. The van der Waals surface area contributed by atoms with Crippen molar-refractivity contribution in [2.75, 3.05) is 11.9 Å². The first-order chi connectivity index (χ1) is 7.44. The summed E-state index contributed by atoms with van der Waals surface area (Å²) in [5.41, 5.74) is 0.645. The SMILES string of the molecule is CC(C)(CBr)CNC(=O)c1cccc(Cl)c1. The molecule has 4 heteroatoms. The average molecular weight is 305 g/mol. The van der Waals surface area contributed by atoms with E-state index in [-0.39, 0.29) is 11.3 Å². The number of nitrogens with one attached hydrogen (secondary N) is 1. The molecule has 0 aliphatic heterocycles. The molecular weight excluding hydrogens is 289 g/mol. The second-order valence-electron chi connectivity index (χ2n) is 4.49. The molecule has 0 radical (unpaired) electrons. The predicted octanol–water partition coefficient (Wildman–Crippen LogP) is 3.49. The van der Waals surface area contributed by atoms with Crippen molar-refractivity contribution in [3.8, 4) is 0 Å². The highest BCUT2D eigenvalue weighted by Crippen LogP contribution is 2.17. The summed E-state index contributed by atoms with van der Waals surface area (Å²) in [6, 6.07) is 6.94. The Morgan fingerprint density at radius 1 is 1.50 bits per heavy atom. The van der Waals surface area contributed by atoms with E-state index in [4.69, 9.17) is 11.6 Å². The fourth-order valence-corrected chi connectivity index (χ4v) is 1.49. The van der Waals surface area contributed by atoms with Crippen molar-refractivity contribution in [2.45, 2.75) is 13.8 Å². The van der Waals surface area contributed by atoms with E-state index in [1.165, 1.54) is 0 Å². The highest BCUT2D eigenvalue weighted by atomic mass is 79.9. The van der Waals surface area contributed by atoms with Gasteiger partial charge in [-0.2, -0.15) is 0 Å². The maximum Gasteiger partial charge on any atom is 0.251 e. The summed E-state index contributed by atoms with van der Waals surface area (Å²) in [6.45, 7) is 4.80. The summed E-state index contributed by atoms with van der Waals surface area (Å²) in [5, 5.41) is 4.31. The molecule has 0 unspecified atom stereocenters. The highest BCUT2D eigenvalue weighted by Gasteiger charge is 2.17. The molecule has 88 valence electrons. The van der Waals surface area contributed by atoms with Crippen LogP contribution in [0.25, 0.3) is 0 Å². The minimum atomic E-state index is -0.0866. The van der Waals surface area contributed by atoms with E-state index >= 15 is 0 Å². The zero-order chi connectivity index (χ0) is 12.2.